The molecule has 1 spiro atoms. The lowest BCUT2D eigenvalue weighted by Crippen LogP contribution is -2.45. The molecule has 0 aromatic rings. The highest BCUT2D eigenvalue weighted by Gasteiger charge is 2.59. The molecule has 0 bridgehead atoms. The van der Waals surface area contributed by atoms with E-state index in [-0.39, 0.29) is 11.7 Å². The number of hydrogen-bond acceptors (Lipinski definition) is 2. The molecule has 0 aromatic heterocycles. The first-order valence-corrected chi connectivity index (χ1v) is 7.87. The third kappa shape index (κ3) is 2.67. The predicted molar refractivity (Wildman–Crippen MR) is 78.6 cm³/mol. The van der Waals surface area contributed by atoms with Gasteiger partial charge in [-0.3, -0.25) is 10.1 Å². The predicted octanol–water partition coefficient (Wildman–Crippen LogP) is 2.86. The van der Waals surface area contributed by atoms with Crippen LogP contribution < -0.4 is 5.32 Å². The van der Waals surface area contributed by atoms with E-state index in [4.69, 9.17) is 0 Å². The van der Waals surface area contributed by atoms with E-state index in [0.29, 0.717) is 29.6 Å². The maximum Gasteiger partial charge on any atom is 0.244 e. The third-order valence-corrected chi connectivity index (χ3v) is 4.93. The number of carbonyl (C=O) groups excluding carboxylic acids is 1. The van der Waals surface area contributed by atoms with Crippen LogP contribution in [-0.4, -0.2) is 29.1 Å². The molecule has 2 aliphatic rings. The molecule has 2 fully saturated rings. The zero-order chi connectivity index (χ0) is 14.4. The van der Waals surface area contributed by atoms with Gasteiger partial charge in [0.15, 0.2) is 0 Å². The summed E-state index contributed by atoms with van der Waals surface area (Å²) in [5.74, 6) is 2.66. The standard InChI is InChI=1S/C16H30N2O/c1-10(2)13(11(3)4)9-18-14(12(5)6)17-16(7-8-16)15(18)19/h10-14,17H,7-9H2,1-6H3. The smallest absolute Gasteiger partial charge is 0.244 e. The van der Waals surface area contributed by atoms with Crippen LogP contribution in [0.1, 0.15) is 54.4 Å². The molecule has 0 aromatic carbocycles. The van der Waals surface area contributed by atoms with E-state index in [9.17, 15) is 4.79 Å². The molecule has 110 valence electrons. The van der Waals surface area contributed by atoms with Crippen LogP contribution in [0, 0.1) is 23.7 Å². The van der Waals surface area contributed by atoms with Gasteiger partial charge in [0.25, 0.3) is 0 Å². The van der Waals surface area contributed by atoms with Crippen molar-refractivity contribution in [2.24, 2.45) is 23.7 Å². The molecular formula is C16H30N2O. The van der Waals surface area contributed by atoms with Crippen LogP contribution in [0.25, 0.3) is 0 Å². The molecule has 3 nitrogen and oxygen atoms in total. The Labute approximate surface area is 118 Å². The molecule has 1 unspecified atom stereocenters. The Hall–Kier alpha value is -0.570. The summed E-state index contributed by atoms with van der Waals surface area (Å²) in [6, 6.07) is 0. The highest BCUT2D eigenvalue weighted by Crippen LogP contribution is 2.44. The number of amides is 1. The Bertz CT molecular complexity index is 337. The van der Waals surface area contributed by atoms with Crippen molar-refractivity contribution in [2.45, 2.75) is 66.1 Å². The molecule has 1 N–H and O–H groups in total. The summed E-state index contributed by atoms with van der Waals surface area (Å²) in [4.78, 5) is 14.8. The third-order valence-electron chi connectivity index (χ3n) is 4.93. The first-order valence-electron chi connectivity index (χ1n) is 7.87. The summed E-state index contributed by atoms with van der Waals surface area (Å²) in [6.45, 7) is 14.4. The second kappa shape index (κ2) is 5.08. The van der Waals surface area contributed by atoms with E-state index in [1.54, 1.807) is 0 Å². The number of nitrogens with zero attached hydrogens (tertiary/aromatic N) is 1. The Morgan fingerprint density at radius 1 is 1.16 bits per heavy atom. The highest BCUT2D eigenvalue weighted by molar-refractivity contribution is 5.91. The number of nitrogens with one attached hydrogen (secondary N) is 1. The first-order chi connectivity index (χ1) is 8.78. The number of carbonyl (C=O) groups is 1. The number of rotatable bonds is 5. The van der Waals surface area contributed by atoms with Crippen molar-refractivity contribution in [1.29, 1.82) is 0 Å². The summed E-state index contributed by atoms with van der Waals surface area (Å²) in [5, 5.41) is 3.60. The van der Waals surface area contributed by atoms with Gasteiger partial charge in [0.05, 0.1) is 11.7 Å². The quantitative estimate of drug-likeness (QED) is 0.830. The van der Waals surface area contributed by atoms with E-state index in [2.05, 4.69) is 51.8 Å². The van der Waals surface area contributed by atoms with Crippen molar-refractivity contribution in [1.82, 2.24) is 10.2 Å². The molecule has 1 aliphatic carbocycles. The Balaban J connectivity index is 2.14. The average molecular weight is 266 g/mol. The maximum absolute atomic E-state index is 12.6. The summed E-state index contributed by atoms with van der Waals surface area (Å²) >= 11 is 0. The van der Waals surface area contributed by atoms with Gasteiger partial charge in [-0.25, -0.2) is 0 Å². The molecule has 1 saturated heterocycles. The Morgan fingerprint density at radius 2 is 1.68 bits per heavy atom. The lowest BCUT2D eigenvalue weighted by atomic mass is 9.85. The van der Waals surface area contributed by atoms with Crippen molar-refractivity contribution >= 4 is 5.91 Å². The molecule has 1 amide bonds. The van der Waals surface area contributed by atoms with Gasteiger partial charge in [0, 0.05) is 6.54 Å². The Morgan fingerprint density at radius 3 is 2.05 bits per heavy atom. The van der Waals surface area contributed by atoms with Gasteiger partial charge in [-0.05, 0) is 36.5 Å². The van der Waals surface area contributed by atoms with Crippen LogP contribution >= 0.6 is 0 Å². The molecule has 0 radical (unpaired) electrons. The van der Waals surface area contributed by atoms with Gasteiger partial charge in [-0.1, -0.05) is 41.5 Å². The van der Waals surface area contributed by atoms with E-state index in [0.717, 1.165) is 19.4 Å². The van der Waals surface area contributed by atoms with Crippen molar-refractivity contribution in [3.63, 3.8) is 0 Å². The van der Waals surface area contributed by atoms with Gasteiger partial charge in [0.1, 0.15) is 0 Å². The molecule has 1 atom stereocenters. The van der Waals surface area contributed by atoms with Crippen LogP contribution in [0.2, 0.25) is 0 Å². The normalized spacial score (nSPS) is 25.7. The molecule has 3 heteroatoms. The molecule has 1 aliphatic heterocycles. The van der Waals surface area contributed by atoms with E-state index in [1.165, 1.54) is 0 Å². The van der Waals surface area contributed by atoms with Crippen LogP contribution in [0.5, 0.6) is 0 Å². The van der Waals surface area contributed by atoms with E-state index < -0.39 is 0 Å². The van der Waals surface area contributed by atoms with Gasteiger partial charge in [-0.2, -0.15) is 0 Å². The van der Waals surface area contributed by atoms with E-state index >= 15 is 0 Å². The second-order valence-electron chi connectivity index (χ2n) is 7.52. The topological polar surface area (TPSA) is 32.3 Å². The zero-order valence-corrected chi connectivity index (χ0v) is 13.4. The number of hydrogen-bond donors (Lipinski definition) is 1. The zero-order valence-electron chi connectivity index (χ0n) is 13.4. The molecule has 19 heavy (non-hydrogen) atoms. The van der Waals surface area contributed by atoms with E-state index in [1.807, 2.05) is 0 Å². The monoisotopic (exact) mass is 266 g/mol. The van der Waals surface area contributed by atoms with Crippen LogP contribution in [0.4, 0.5) is 0 Å². The fraction of sp³-hybridized carbons (Fsp3) is 0.938. The minimum absolute atomic E-state index is 0.173. The lowest BCUT2D eigenvalue weighted by Gasteiger charge is -2.34. The van der Waals surface area contributed by atoms with Crippen molar-refractivity contribution < 1.29 is 4.79 Å². The second-order valence-corrected chi connectivity index (χ2v) is 7.52. The maximum atomic E-state index is 12.6. The first kappa shape index (κ1) is 14.8. The minimum atomic E-state index is -0.173. The van der Waals surface area contributed by atoms with Gasteiger partial charge >= 0.3 is 0 Å². The SMILES string of the molecule is CC(C)C(CN1C(=O)C2(CC2)NC1C(C)C)C(C)C. The minimum Gasteiger partial charge on any atom is -0.325 e. The van der Waals surface area contributed by atoms with Gasteiger partial charge in [-0.15, -0.1) is 0 Å². The summed E-state index contributed by atoms with van der Waals surface area (Å²) in [6.07, 6.45) is 2.29. The summed E-state index contributed by atoms with van der Waals surface area (Å²) in [7, 11) is 0. The Kier molecular flexibility index (Phi) is 3.97. The molecule has 1 saturated carbocycles. The van der Waals surface area contributed by atoms with Crippen LogP contribution in [-0.2, 0) is 4.79 Å². The van der Waals surface area contributed by atoms with Crippen molar-refractivity contribution in [3.05, 3.63) is 0 Å². The largest absolute Gasteiger partial charge is 0.325 e. The average Bonchev–Trinajstić information content (AvgIpc) is 3.01. The summed E-state index contributed by atoms with van der Waals surface area (Å²) < 4.78 is 0. The van der Waals surface area contributed by atoms with Crippen molar-refractivity contribution in [3.8, 4) is 0 Å². The molecular weight excluding hydrogens is 236 g/mol. The molecule has 1 heterocycles. The van der Waals surface area contributed by atoms with Crippen molar-refractivity contribution in [2.75, 3.05) is 6.54 Å². The van der Waals surface area contributed by atoms with Crippen LogP contribution in [0.15, 0.2) is 0 Å². The van der Waals surface area contributed by atoms with Crippen LogP contribution in [0.3, 0.4) is 0 Å². The summed E-state index contributed by atoms with van der Waals surface area (Å²) in [5.41, 5.74) is -0.173. The highest BCUT2D eigenvalue weighted by atomic mass is 16.2. The fourth-order valence-electron chi connectivity index (χ4n) is 3.45. The molecule has 2 rings (SSSR count). The van der Waals surface area contributed by atoms with Gasteiger partial charge < -0.3 is 4.90 Å². The lowest BCUT2D eigenvalue weighted by molar-refractivity contribution is -0.132. The fourth-order valence-corrected chi connectivity index (χ4v) is 3.45. The van der Waals surface area contributed by atoms with Gasteiger partial charge in [0.2, 0.25) is 5.91 Å².